The van der Waals surface area contributed by atoms with Crippen molar-refractivity contribution < 1.29 is 4.74 Å². The van der Waals surface area contributed by atoms with Gasteiger partial charge in [-0.25, -0.2) is 9.98 Å². The van der Waals surface area contributed by atoms with Crippen molar-refractivity contribution in [3.63, 3.8) is 0 Å². The molecule has 3 heterocycles. The molecule has 2 aliphatic rings. The molecular weight excluding hydrogens is 467 g/mol. The molecule has 0 amide bonds. The number of hydrogen-bond acceptors (Lipinski definition) is 5. The molecule has 2 aliphatic heterocycles. The molecule has 0 saturated carbocycles. The maximum absolute atomic E-state index is 5.47. The Bertz CT molecular complexity index is 608. The number of anilines is 1. The maximum Gasteiger partial charge on any atom is 0.191 e. The monoisotopic (exact) mass is 502 g/mol. The molecule has 0 spiro atoms. The molecule has 1 aromatic rings. The van der Waals surface area contributed by atoms with Crippen LogP contribution >= 0.6 is 24.0 Å². The molecule has 7 nitrogen and oxygen atoms in total. The number of rotatable bonds is 7. The van der Waals surface area contributed by atoms with Crippen LogP contribution in [0.25, 0.3) is 0 Å². The van der Waals surface area contributed by atoms with Gasteiger partial charge in [0.2, 0.25) is 0 Å². The fourth-order valence-corrected chi connectivity index (χ4v) is 3.88. The van der Waals surface area contributed by atoms with Crippen LogP contribution in [0.5, 0.6) is 0 Å². The summed E-state index contributed by atoms with van der Waals surface area (Å²) in [7, 11) is 0. The van der Waals surface area contributed by atoms with E-state index >= 15 is 0 Å². The summed E-state index contributed by atoms with van der Waals surface area (Å²) in [5.41, 5.74) is 1.16. The SMILES string of the molecule is CCNC(=NCc1cccnc1N1CCOCC1)NCC1CCCN1CC.I. The van der Waals surface area contributed by atoms with Gasteiger partial charge in [-0.15, -0.1) is 24.0 Å². The minimum absolute atomic E-state index is 0. The second-order valence-electron chi connectivity index (χ2n) is 7.09. The molecule has 0 bridgehead atoms. The van der Waals surface area contributed by atoms with Gasteiger partial charge in [-0.3, -0.25) is 4.90 Å². The van der Waals surface area contributed by atoms with Gasteiger partial charge >= 0.3 is 0 Å². The number of nitrogens with zero attached hydrogens (tertiary/aromatic N) is 4. The normalized spacial score (nSPS) is 20.7. The molecule has 28 heavy (non-hydrogen) atoms. The lowest BCUT2D eigenvalue weighted by molar-refractivity contribution is 0.122. The molecule has 3 rings (SSSR count). The van der Waals surface area contributed by atoms with Crippen molar-refractivity contribution in [1.82, 2.24) is 20.5 Å². The Morgan fingerprint density at radius 2 is 2.07 bits per heavy atom. The zero-order chi connectivity index (χ0) is 18.9. The number of halogens is 1. The lowest BCUT2D eigenvalue weighted by Crippen LogP contribution is -2.44. The number of pyridine rings is 1. The highest BCUT2D eigenvalue weighted by molar-refractivity contribution is 14.0. The highest BCUT2D eigenvalue weighted by atomic mass is 127. The van der Waals surface area contributed by atoms with E-state index in [0.29, 0.717) is 12.6 Å². The van der Waals surface area contributed by atoms with Gasteiger partial charge in [0.25, 0.3) is 0 Å². The summed E-state index contributed by atoms with van der Waals surface area (Å²) in [6.45, 7) is 12.4. The van der Waals surface area contributed by atoms with Crippen LogP contribution in [0.3, 0.4) is 0 Å². The van der Waals surface area contributed by atoms with Crippen molar-refractivity contribution in [3.05, 3.63) is 23.9 Å². The van der Waals surface area contributed by atoms with Crippen molar-refractivity contribution >= 4 is 35.8 Å². The molecular formula is C20H35IN6O. The number of aromatic nitrogens is 1. The van der Waals surface area contributed by atoms with Gasteiger partial charge in [0.05, 0.1) is 19.8 Å². The van der Waals surface area contributed by atoms with Crippen LogP contribution in [0.2, 0.25) is 0 Å². The van der Waals surface area contributed by atoms with Crippen molar-refractivity contribution in [2.45, 2.75) is 39.3 Å². The van der Waals surface area contributed by atoms with E-state index < -0.39 is 0 Å². The second-order valence-corrected chi connectivity index (χ2v) is 7.09. The Labute approximate surface area is 186 Å². The zero-order valence-electron chi connectivity index (χ0n) is 17.2. The summed E-state index contributed by atoms with van der Waals surface area (Å²) >= 11 is 0. The summed E-state index contributed by atoms with van der Waals surface area (Å²) in [6, 6.07) is 4.73. The molecule has 1 unspecified atom stereocenters. The highest BCUT2D eigenvalue weighted by Crippen LogP contribution is 2.19. The van der Waals surface area contributed by atoms with E-state index in [4.69, 9.17) is 9.73 Å². The van der Waals surface area contributed by atoms with Gasteiger partial charge < -0.3 is 20.3 Å². The molecule has 158 valence electrons. The average Bonchev–Trinajstić information content (AvgIpc) is 3.18. The third kappa shape index (κ3) is 6.45. The Morgan fingerprint density at radius 1 is 1.25 bits per heavy atom. The Morgan fingerprint density at radius 3 is 2.82 bits per heavy atom. The van der Waals surface area contributed by atoms with Gasteiger partial charge in [0, 0.05) is 44.0 Å². The zero-order valence-corrected chi connectivity index (χ0v) is 19.5. The van der Waals surface area contributed by atoms with Gasteiger partial charge in [-0.05, 0) is 38.9 Å². The lowest BCUT2D eigenvalue weighted by atomic mass is 10.2. The summed E-state index contributed by atoms with van der Waals surface area (Å²) in [5.74, 6) is 1.92. The molecule has 0 radical (unpaired) electrons. The molecule has 1 atom stereocenters. The number of likely N-dealkylation sites (N-methyl/N-ethyl adjacent to an activating group) is 1. The third-order valence-electron chi connectivity index (χ3n) is 5.34. The smallest absolute Gasteiger partial charge is 0.191 e. The Balaban J connectivity index is 0.00000280. The summed E-state index contributed by atoms with van der Waals surface area (Å²) in [5, 5.41) is 6.91. The standard InChI is InChI=1S/C20H34N6O.HI/c1-3-21-20(24-16-18-8-6-10-25(18)4-2)23-15-17-7-5-9-22-19(17)26-11-13-27-14-12-26;/h5,7,9,18H,3-4,6,8,10-16H2,1-2H3,(H2,21,23,24);1H. The average molecular weight is 502 g/mol. The van der Waals surface area contributed by atoms with E-state index in [1.54, 1.807) is 0 Å². The molecule has 0 aliphatic carbocycles. The van der Waals surface area contributed by atoms with Crippen LogP contribution in [0, 0.1) is 0 Å². The number of nitrogens with one attached hydrogen (secondary N) is 2. The third-order valence-corrected chi connectivity index (χ3v) is 5.34. The molecule has 8 heteroatoms. The topological polar surface area (TPSA) is 65.0 Å². The summed E-state index contributed by atoms with van der Waals surface area (Å²) < 4.78 is 5.47. The molecule has 0 aromatic carbocycles. The number of aliphatic imine (C=N–C) groups is 1. The second kappa shape index (κ2) is 12.4. The van der Waals surface area contributed by atoms with Gasteiger partial charge in [0.1, 0.15) is 5.82 Å². The molecule has 2 fully saturated rings. The first-order chi connectivity index (χ1) is 13.3. The van der Waals surface area contributed by atoms with E-state index in [-0.39, 0.29) is 24.0 Å². The first-order valence-corrected chi connectivity index (χ1v) is 10.3. The van der Waals surface area contributed by atoms with Gasteiger partial charge in [-0.2, -0.15) is 0 Å². The summed E-state index contributed by atoms with van der Waals surface area (Å²) in [6.07, 6.45) is 4.43. The minimum atomic E-state index is 0. The number of ether oxygens (including phenoxy) is 1. The Hall–Kier alpha value is -1.13. The van der Waals surface area contributed by atoms with Crippen LogP contribution in [-0.4, -0.2) is 74.4 Å². The first kappa shape index (κ1) is 23.2. The van der Waals surface area contributed by atoms with Crippen LogP contribution in [0.4, 0.5) is 5.82 Å². The van der Waals surface area contributed by atoms with E-state index in [2.05, 4.69) is 45.3 Å². The lowest BCUT2D eigenvalue weighted by Gasteiger charge is -2.29. The number of likely N-dealkylation sites (tertiary alicyclic amines) is 1. The summed E-state index contributed by atoms with van der Waals surface area (Å²) in [4.78, 5) is 14.3. The maximum atomic E-state index is 5.47. The van der Waals surface area contributed by atoms with Crippen LogP contribution in [-0.2, 0) is 11.3 Å². The van der Waals surface area contributed by atoms with Crippen molar-refractivity contribution in [2.75, 3.05) is 57.4 Å². The van der Waals surface area contributed by atoms with Crippen LogP contribution < -0.4 is 15.5 Å². The van der Waals surface area contributed by atoms with Crippen molar-refractivity contribution in [3.8, 4) is 0 Å². The van der Waals surface area contributed by atoms with E-state index in [1.165, 1.54) is 19.4 Å². The molecule has 2 saturated heterocycles. The minimum Gasteiger partial charge on any atom is -0.378 e. The molecule has 2 N–H and O–H groups in total. The highest BCUT2D eigenvalue weighted by Gasteiger charge is 2.22. The van der Waals surface area contributed by atoms with Gasteiger partial charge in [-0.1, -0.05) is 13.0 Å². The fourth-order valence-electron chi connectivity index (χ4n) is 3.88. The van der Waals surface area contributed by atoms with Crippen LogP contribution in [0.15, 0.2) is 23.3 Å². The van der Waals surface area contributed by atoms with Crippen LogP contribution in [0.1, 0.15) is 32.3 Å². The number of morpholine rings is 1. The quantitative estimate of drug-likeness (QED) is 0.338. The predicted octanol–water partition coefficient (Wildman–Crippen LogP) is 2.08. The number of guanidine groups is 1. The van der Waals surface area contributed by atoms with E-state index in [1.807, 2.05) is 12.3 Å². The number of hydrogen-bond donors (Lipinski definition) is 2. The Kier molecular flexibility index (Phi) is 10.3. The predicted molar refractivity (Wildman–Crippen MR) is 126 cm³/mol. The largest absolute Gasteiger partial charge is 0.378 e. The van der Waals surface area contributed by atoms with Gasteiger partial charge in [0.15, 0.2) is 5.96 Å². The fraction of sp³-hybridized carbons (Fsp3) is 0.700. The first-order valence-electron chi connectivity index (χ1n) is 10.3. The van der Waals surface area contributed by atoms with Crippen molar-refractivity contribution in [1.29, 1.82) is 0 Å². The van der Waals surface area contributed by atoms with Crippen molar-refractivity contribution in [2.24, 2.45) is 4.99 Å². The molecule has 1 aromatic heterocycles. The van der Waals surface area contributed by atoms with E-state index in [9.17, 15) is 0 Å². The van der Waals surface area contributed by atoms with E-state index in [0.717, 1.165) is 63.3 Å².